The molecule has 2 N–H and O–H groups in total. The van der Waals surface area contributed by atoms with Gasteiger partial charge in [-0.15, -0.1) is 0 Å². The lowest BCUT2D eigenvalue weighted by Gasteiger charge is -2.42. The molecule has 0 aromatic heterocycles. The van der Waals surface area contributed by atoms with Crippen molar-refractivity contribution in [1.29, 1.82) is 0 Å². The van der Waals surface area contributed by atoms with E-state index in [0.29, 0.717) is 12.1 Å². The van der Waals surface area contributed by atoms with E-state index in [4.69, 9.17) is 5.73 Å². The van der Waals surface area contributed by atoms with Gasteiger partial charge in [0, 0.05) is 16.2 Å². The van der Waals surface area contributed by atoms with E-state index in [1.54, 1.807) is 0 Å². The molecular formula is C16H5BrF19NO. The lowest BCUT2D eigenvalue weighted by molar-refractivity contribution is -0.460. The molecule has 0 heterocycles. The smallest absolute Gasteiger partial charge is 0.430 e. The van der Waals surface area contributed by atoms with E-state index < -0.39 is 70.9 Å². The van der Waals surface area contributed by atoms with Crippen LogP contribution in [0.1, 0.15) is 0 Å². The number of alkyl halides is 17. The molecule has 0 atom stereocenters. The van der Waals surface area contributed by atoms with Crippen LogP contribution in [0.2, 0.25) is 0 Å². The third-order valence-electron chi connectivity index (χ3n) is 4.35. The maximum atomic E-state index is 13.7. The fourth-order valence-electron chi connectivity index (χ4n) is 2.16. The summed E-state index contributed by atoms with van der Waals surface area (Å²) in [6, 6.07) is -1.90. The Bertz CT molecular complexity index is 1080. The van der Waals surface area contributed by atoms with E-state index in [9.17, 15) is 83.4 Å². The molecule has 0 bridgehead atoms. The number of halogens is 20. The van der Waals surface area contributed by atoms with Crippen LogP contribution < -0.4 is 10.5 Å². The van der Waals surface area contributed by atoms with E-state index in [1.807, 2.05) is 0 Å². The van der Waals surface area contributed by atoms with Crippen molar-refractivity contribution in [2.75, 3.05) is 5.73 Å². The molecule has 0 aliphatic rings. The first-order chi connectivity index (χ1) is 16.5. The third-order valence-corrected chi connectivity index (χ3v) is 5.07. The average Bonchev–Trinajstić information content (AvgIpc) is 2.73. The fourth-order valence-corrected chi connectivity index (χ4v) is 2.41. The van der Waals surface area contributed by atoms with Crippen LogP contribution >= 0.6 is 15.9 Å². The Kier molecular flexibility index (Phi) is 8.36. The summed E-state index contributed by atoms with van der Waals surface area (Å²) < 4.78 is 255. The Morgan fingerprint density at radius 1 is 0.605 bits per heavy atom. The van der Waals surface area contributed by atoms with Crippen LogP contribution in [0.4, 0.5) is 89.1 Å². The van der Waals surface area contributed by atoms with Crippen LogP contribution in [0.15, 0.2) is 34.5 Å². The van der Waals surface area contributed by atoms with Crippen molar-refractivity contribution in [3.63, 3.8) is 0 Å². The fraction of sp³-hybridized carbons (Fsp3) is 0.500. The summed E-state index contributed by atoms with van der Waals surface area (Å²) in [6.07, 6.45) is -7.91. The topological polar surface area (TPSA) is 35.2 Å². The molecule has 0 unspecified atom stereocenters. The first kappa shape index (κ1) is 33.7. The van der Waals surface area contributed by atoms with E-state index >= 15 is 0 Å². The molecule has 0 saturated heterocycles. The standard InChI is InChI=1S/C16H5BrF19NO/c17-5-2-1-4(3-6(5)37)38-8(19)7(18)9(20,21)10(22,23)11(24,25)12(26,27)13(28,29)14(30,31)15(32,33)16(34,35)36/h1-3H,37H2. The normalized spacial score (nSPS) is 15.9. The molecule has 22 heteroatoms. The minimum Gasteiger partial charge on any atom is -0.430 e. The van der Waals surface area contributed by atoms with Crippen LogP contribution in [0.25, 0.3) is 0 Å². The Morgan fingerprint density at radius 3 is 1.34 bits per heavy atom. The van der Waals surface area contributed by atoms with E-state index in [0.717, 1.165) is 6.07 Å². The van der Waals surface area contributed by atoms with Crippen molar-refractivity contribution in [1.82, 2.24) is 0 Å². The number of benzene rings is 1. The largest absolute Gasteiger partial charge is 0.460 e. The van der Waals surface area contributed by atoms with Gasteiger partial charge in [-0.05, 0) is 28.1 Å². The van der Waals surface area contributed by atoms with Crippen LogP contribution in [0.5, 0.6) is 5.75 Å². The predicted molar refractivity (Wildman–Crippen MR) is 89.1 cm³/mol. The van der Waals surface area contributed by atoms with Gasteiger partial charge in [0.1, 0.15) is 5.75 Å². The number of ether oxygens (including phenoxy) is 1. The quantitative estimate of drug-likeness (QED) is 0.163. The van der Waals surface area contributed by atoms with Gasteiger partial charge < -0.3 is 10.5 Å². The van der Waals surface area contributed by atoms with Crippen LogP contribution in [-0.4, -0.2) is 47.6 Å². The number of nitrogen functional groups attached to an aromatic ring is 1. The van der Waals surface area contributed by atoms with Gasteiger partial charge in [0.05, 0.1) is 0 Å². The minimum absolute atomic E-state index is 0.0396. The highest BCUT2D eigenvalue weighted by Crippen LogP contribution is 2.64. The number of hydrogen-bond acceptors (Lipinski definition) is 2. The van der Waals surface area contributed by atoms with Gasteiger partial charge in [0.2, 0.25) is 5.83 Å². The molecule has 0 aliphatic carbocycles. The molecule has 38 heavy (non-hydrogen) atoms. The molecular weight excluding hydrogens is 663 g/mol. The lowest BCUT2D eigenvalue weighted by atomic mass is 9.88. The number of nitrogens with two attached hydrogens (primary N) is 1. The molecule has 1 aromatic carbocycles. The van der Waals surface area contributed by atoms with Crippen molar-refractivity contribution >= 4 is 21.6 Å². The molecule has 0 aliphatic heterocycles. The summed E-state index contributed by atoms with van der Waals surface area (Å²) in [6.45, 7) is 0. The van der Waals surface area contributed by atoms with E-state index in [1.165, 1.54) is 0 Å². The molecule has 0 amide bonds. The summed E-state index contributed by atoms with van der Waals surface area (Å²) in [5, 5.41) is 0. The van der Waals surface area contributed by atoms with Crippen molar-refractivity contribution in [2.45, 2.75) is 47.6 Å². The summed E-state index contributed by atoms with van der Waals surface area (Å²) >= 11 is 2.72. The SMILES string of the molecule is Nc1cc(OC(F)=C(F)C(F)(F)C(F)(F)C(F)(F)C(F)(F)C(F)(F)C(F)(F)C(F)(F)C(F)(F)F)ccc1Br. The van der Waals surface area contributed by atoms with E-state index in [-0.39, 0.29) is 4.47 Å². The average molecular weight is 668 g/mol. The Morgan fingerprint density at radius 2 is 0.974 bits per heavy atom. The van der Waals surface area contributed by atoms with Gasteiger partial charge in [-0.25, -0.2) is 0 Å². The predicted octanol–water partition coefficient (Wildman–Crippen LogP) is 8.53. The molecule has 220 valence electrons. The van der Waals surface area contributed by atoms with Gasteiger partial charge in [-0.3, -0.25) is 0 Å². The summed E-state index contributed by atoms with van der Waals surface area (Å²) in [4.78, 5) is 0. The van der Waals surface area contributed by atoms with Crippen LogP contribution in [0, 0.1) is 0 Å². The second-order valence-electron chi connectivity index (χ2n) is 6.89. The van der Waals surface area contributed by atoms with E-state index in [2.05, 4.69) is 20.7 Å². The van der Waals surface area contributed by atoms with Crippen molar-refractivity contribution in [3.8, 4) is 5.75 Å². The second-order valence-corrected chi connectivity index (χ2v) is 7.75. The van der Waals surface area contributed by atoms with Gasteiger partial charge in [-0.1, -0.05) is 0 Å². The number of rotatable bonds is 9. The first-order valence-corrected chi connectivity index (χ1v) is 9.26. The lowest BCUT2D eigenvalue weighted by Crippen LogP contribution is -2.74. The van der Waals surface area contributed by atoms with Crippen molar-refractivity contribution < 1.29 is 88.2 Å². The highest BCUT2D eigenvalue weighted by molar-refractivity contribution is 9.10. The Labute approximate surface area is 204 Å². The summed E-state index contributed by atoms with van der Waals surface area (Å²) in [7, 11) is 0. The number of anilines is 1. The highest BCUT2D eigenvalue weighted by Gasteiger charge is 2.95. The Balaban J connectivity index is 3.66. The second kappa shape index (κ2) is 9.42. The van der Waals surface area contributed by atoms with Crippen molar-refractivity contribution in [2.24, 2.45) is 0 Å². The minimum atomic E-state index is -8.93. The van der Waals surface area contributed by atoms with Gasteiger partial charge in [-0.2, -0.15) is 83.4 Å². The zero-order valence-electron chi connectivity index (χ0n) is 16.8. The summed E-state index contributed by atoms with van der Waals surface area (Å²) in [5.41, 5.74) is 4.74. The third kappa shape index (κ3) is 4.69. The van der Waals surface area contributed by atoms with Crippen molar-refractivity contribution in [3.05, 3.63) is 34.5 Å². The zero-order valence-corrected chi connectivity index (χ0v) is 18.4. The van der Waals surface area contributed by atoms with Crippen LogP contribution in [0.3, 0.4) is 0 Å². The monoisotopic (exact) mass is 667 g/mol. The molecule has 1 aromatic rings. The Hall–Kier alpha value is -2.29. The zero-order chi connectivity index (χ0) is 30.7. The number of allylic oxidation sites excluding steroid dienone is 1. The molecule has 0 spiro atoms. The van der Waals surface area contributed by atoms with Gasteiger partial charge in [0.15, 0.2) is 0 Å². The summed E-state index contributed by atoms with van der Waals surface area (Å²) in [5.74, 6) is -65.6. The molecule has 1 rings (SSSR count). The molecule has 0 fully saturated rings. The molecule has 0 saturated carbocycles. The number of hydrogen-bond donors (Lipinski definition) is 1. The molecule has 2 nitrogen and oxygen atoms in total. The molecule has 0 radical (unpaired) electrons. The first-order valence-electron chi connectivity index (χ1n) is 8.46. The highest BCUT2D eigenvalue weighted by atomic mass is 79.9. The maximum absolute atomic E-state index is 13.7. The maximum Gasteiger partial charge on any atom is 0.460 e. The van der Waals surface area contributed by atoms with Gasteiger partial charge in [0.25, 0.3) is 0 Å². The van der Waals surface area contributed by atoms with Crippen LogP contribution in [-0.2, 0) is 0 Å². The van der Waals surface area contributed by atoms with Gasteiger partial charge >= 0.3 is 53.6 Å².